The third kappa shape index (κ3) is 14.6. The summed E-state index contributed by atoms with van der Waals surface area (Å²) < 4.78 is 11.5. The number of unbranched alkanes of at least 4 members (excludes halogenated alkanes) is 9. The van der Waals surface area contributed by atoms with Crippen molar-refractivity contribution in [3.8, 4) is 0 Å². The molecular formula is C15H31ClO2S. The molecule has 0 amide bonds. The highest BCUT2D eigenvalue weighted by Crippen LogP contribution is 2.10. The van der Waals surface area contributed by atoms with Crippen LogP contribution in [0.1, 0.15) is 71.1 Å². The molecule has 0 aliphatic carbocycles. The fourth-order valence-corrected chi connectivity index (χ4v) is 3.57. The van der Waals surface area contributed by atoms with Gasteiger partial charge in [0.15, 0.2) is 0 Å². The average molecular weight is 311 g/mol. The Balaban J connectivity index is 3.16. The molecule has 0 rings (SSSR count). The van der Waals surface area contributed by atoms with E-state index in [1.54, 1.807) is 0 Å². The van der Waals surface area contributed by atoms with Crippen molar-refractivity contribution >= 4 is 22.4 Å². The maximum Gasteiger partial charge on any atom is 0.0790 e. The van der Waals surface area contributed by atoms with E-state index in [0.717, 1.165) is 12.8 Å². The molecule has 0 radical (unpaired) electrons. The van der Waals surface area contributed by atoms with E-state index in [1.807, 2.05) is 0 Å². The van der Waals surface area contributed by atoms with Crippen LogP contribution in [0.4, 0.5) is 0 Å². The van der Waals surface area contributed by atoms with Crippen molar-refractivity contribution in [3.63, 3.8) is 0 Å². The zero-order chi connectivity index (χ0) is 14.3. The van der Waals surface area contributed by atoms with Gasteiger partial charge in [0.1, 0.15) is 0 Å². The van der Waals surface area contributed by atoms with E-state index in [9.17, 15) is 9.32 Å². The Bertz CT molecular complexity index is 212. The van der Waals surface area contributed by atoms with Crippen molar-refractivity contribution < 1.29 is 9.32 Å². The van der Waals surface area contributed by atoms with Crippen LogP contribution in [0.3, 0.4) is 0 Å². The summed E-state index contributed by atoms with van der Waals surface area (Å²) in [6.07, 6.45) is 12.3. The lowest BCUT2D eigenvalue weighted by Gasteiger charge is -2.06. The summed E-state index contributed by atoms with van der Waals surface area (Å²) in [5.41, 5.74) is 0. The van der Waals surface area contributed by atoms with Crippen molar-refractivity contribution in [2.45, 2.75) is 77.2 Å². The largest absolute Gasteiger partial charge is 0.391 e. The van der Waals surface area contributed by atoms with Crippen molar-refractivity contribution in [1.82, 2.24) is 0 Å². The van der Waals surface area contributed by atoms with E-state index < -0.39 is 16.9 Å². The topological polar surface area (TPSA) is 37.3 Å². The van der Waals surface area contributed by atoms with E-state index in [1.165, 1.54) is 51.4 Å². The van der Waals surface area contributed by atoms with Crippen LogP contribution in [-0.4, -0.2) is 32.8 Å². The summed E-state index contributed by atoms with van der Waals surface area (Å²) in [5, 5.41) is 9.26. The second-order valence-corrected chi connectivity index (χ2v) is 7.23. The van der Waals surface area contributed by atoms with E-state index in [0.29, 0.717) is 11.5 Å². The predicted octanol–water partition coefficient (Wildman–Crippen LogP) is 4.26. The molecule has 19 heavy (non-hydrogen) atoms. The second-order valence-electron chi connectivity index (χ2n) is 5.30. The van der Waals surface area contributed by atoms with Gasteiger partial charge in [0, 0.05) is 22.4 Å². The molecule has 2 atom stereocenters. The number of hydrogen-bond donors (Lipinski definition) is 1. The van der Waals surface area contributed by atoms with Gasteiger partial charge in [-0.15, -0.1) is 11.6 Å². The van der Waals surface area contributed by atoms with Gasteiger partial charge >= 0.3 is 0 Å². The third-order valence-electron chi connectivity index (χ3n) is 3.28. The lowest BCUT2D eigenvalue weighted by molar-refractivity contribution is 0.222. The van der Waals surface area contributed by atoms with Gasteiger partial charge in [0.2, 0.25) is 0 Å². The Labute approximate surface area is 126 Å². The Morgan fingerprint density at radius 2 is 1.42 bits per heavy atom. The zero-order valence-electron chi connectivity index (χ0n) is 12.4. The fraction of sp³-hybridized carbons (Fsp3) is 1.00. The lowest BCUT2D eigenvalue weighted by Crippen LogP contribution is -2.19. The van der Waals surface area contributed by atoms with Crippen LogP contribution in [0.25, 0.3) is 0 Å². The molecule has 0 spiro atoms. The van der Waals surface area contributed by atoms with E-state index in [-0.39, 0.29) is 5.88 Å². The molecule has 4 heteroatoms. The monoisotopic (exact) mass is 310 g/mol. The zero-order valence-corrected chi connectivity index (χ0v) is 14.0. The van der Waals surface area contributed by atoms with E-state index in [2.05, 4.69) is 6.92 Å². The molecule has 0 aliphatic heterocycles. The van der Waals surface area contributed by atoms with Crippen LogP contribution in [0.2, 0.25) is 0 Å². The van der Waals surface area contributed by atoms with Gasteiger partial charge in [0.05, 0.1) is 11.9 Å². The number of hydrogen-bond acceptors (Lipinski definition) is 2. The summed E-state index contributed by atoms with van der Waals surface area (Å²) in [7, 11) is -0.897. The third-order valence-corrected chi connectivity index (χ3v) is 5.14. The molecule has 0 aromatic carbocycles. The summed E-state index contributed by atoms with van der Waals surface area (Å²) in [6, 6.07) is 0. The van der Waals surface area contributed by atoms with Gasteiger partial charge in [-0.2, -0.15) is 0 Å². The summed E-state index contributed by atoms with van der Waals surface area (Å²) in [5.74, 6) is 1.23. The van der Waals surface area contributed by atoms with Crippen LogP contribution < -0.4 is 0 Å². The van der Waals surface area contributed by atoms with Crippen molar-refractivity contribution in [2.24, 2.45) is 0 Å². The highest BCUT2D eigenvalue weighted by atomic mass is 35.5. The van der Waals surface area contributed by atoms with Gasteiger partial charge in [-0.1, -0.05) is 64.7 Å². The molecule has 0 heterocycles. The van der Waals surface area contributed by atoms with Crippen molar-refractivity contribution in [1.29, 1.82) is 0 Å². The molecule has 0 saturated heterocycles. The first-order valence-corrected chi connectivity index (χ1v) is 9.82. The summed E-state index contributed by atoms with van der Waals surface area (Å²) >= 11 is 5.48. The molecule has 0 aliphatic rings. The van der Waals surface area contributed by atoms with Crippen LogP contribution >= 0.6 is 11.6 Å². The number of aliphatic hydroxyl groups is 1. The maximum atomic E-state index is 11.5. The number of alkyl halides is 1. The smallest absolute Gasteiger partial charge is 0.0790 e. The molecule has 0 bridgehead atoms. The first-order valence-electron chi connectivity index (χ1n) is 7.79. The second kappa shape index (κ2) is 14.8. The van der Waals surface area contributed by atoms with Crippen LogP contribution in [-0.2, 0) is 10.8 Å². The molecule has 0 aromatic rings. The Hall–Kier alpha value is 0.400. The lowest BCUT2D eigenvalue weighted by atomic mass is 10.1. The van der Waals surface area contributed by atoms with Gasteiger partial charge in [0.25, 0.3) is 0 Å². The molecule has 2 unspecified atom stereocenters. The van der Waals surface area contributed by atoms with Crippen LogP contribution in [0.15, 0.2) is 0 Å². The van der Waals surface area contributed by atoms with Gasteiger partial charge in [-0.25, -0.2) is 0 Å². The van der Waals surface area contributed by atoms with Crippen LogP contribution in [0, 0.1) is 0 Å². The normalized spacial score (nSPS) is 14.5. The molecule has 0 aromatic heterocycles. The molecule has 0 fully saturated rings. The first kappa shape index (κ1) is 19.4. The standard InChI is InChI=1S/C15H31ClO2S/c1-2-3-4-5-6-7-8-9-10-11-12-19(18)14-15(17)13-16/h15,17H,2-14H2,1H3. The number of aliphatic hydroxyl groups excluding tert-OH is 1. The maximum absolute atomic E-state index is 11.5. The highest BCUT2D eigenvalue weighted by Gasteiger charge is 2.07. The Morgan fingerprint density at radius 3 is 1.89 bits per heavy atom. The Kier molecular flexibility index (Phi) is 15.1. The highest BCUT2D eigenvalue weighted by molar-refractivity contribution is 7.85. The van der Waals surface area contributed by atoms with Crippen molar-refractivity contribution in [2.75, 3.05) is 17.4 Å². The SMILES string of the molecule is CCCCCCCCCCCCS(=O)CC(O)CCl. The van der Waals surface area contributed by atoms with E-state index >= 15 is 0 Å². The molecule has 116 valence electrons. The van der Waals surface area contributed by atoms with Gasteiger partial charge in [-0.05, 0) is 6.42 Å². The first-order chi connectivity index (χ1) is 9.20. The average Bonchev–Trinajstić information content (AvgIpc) is 2.40. The molecule has 2 nitrogen and oxygen atoms in total. The summed E-state index contributed by atoms with van der Waals surface area (Å²) in [6.45, 7) is 2.25. The molecule has 0 saturated carbocycles. The molecule has 1 N–H and O–H groups in total. The Morgan fingerprint density at radius 1 is 0.947 bits per heavy atom. The molecular weight excluding hydrogens is 280 g/mol. The minimum atomic E-state index is -0.897. The quantitative estimate of drug-likeness (QED) is 0.384. The fourth-order valence-electron chi connectivity index (χ4n) is 2.09. The minimum Gasteiger partial charge on any atom is -0.391 e. The number of rotatable bonds is 14. The van der Waals surface area contributed by atoms with Crippen LogP contribution in [0.5, 0.6) is 0 Å². The summed E-state index contributed by atoms with van der Waals surface area (Å²) in [4.78, 5) is 0. The van der Waals surface area contributed by atoms with Gasteiger partial charge < -0.3 is 5.11 Å². The van der Waals surface area contributed by atoms with Crippen molar-refractivity contribution in [3.05, 3.63) is 0 Å². The van der Waals surface area contributed by atoms with E-state index in [4.69, 9.17) is 11.6 Å². The number of halogens is 1. The van der Waals surface area contributed by atoms with Gasteiger partial charge in [-0.3, -0.25) is 4.21 Å². The predicted molar refractivity (Wildman–Crippen MR) is 86.4 cm³/mol. The minimum absolute atomic E-state index is 0.184.